The fourth-order valence-electron chi connectivity index (χ4n) is 2.30. The molecule has 4 nitrogen and oxygen atoms in total. The van der Waals surface area contributed by atoms with Crippen molar-refractivity contribution < 1.29 is 13.2 Å². The number of halogens is 1. The Morgan fingerprint density at radius 1 is 1.17 bits per heavy atom. The molecule has 6 heteroatoms. The Labute approximate surface area is 146 Å². The van der Waals surface area contributed by atoms with Gasteiger partial charge in [-0.2, -0.15) is 0 Å². The predicted octanol–water partition coefficient (Wildman–Crippen LogP) is 4.20. The number of rotatable bonds is 6. The summed E-state index contributed by atoms with van der Waals surface area (Å²) in [4.78, 5) is 0.125. The second-order valence-electron chi connectivity index (χ2n) is 5.29. The summed E-state index contributed by atoms with van der Waals surface area (Å²) in [6, 6.07) is 12.5. The molecule has 0 saturated heterocycles. The molecule has 2 aromatic rings. The Balaban J connectivity index is 2.36. The van der Waals surface area contributed by atoms with Crippen molar-refractivity contribution in [3.8, 4) is 5.75 Å². The molecule has 0 fully saturated rings. The molecule has 0 aromatic heterocycles. The molecule has 23 heavy (non-hydrogen) atoms. The molecule has 0 unspecified atom stereocenters. The number of hydrogen-bond donors (Lipinski definition) is 1. The molecule has 2 aromatic carbocycles. The van der Waals surface area contributed by atoms with E-state index >= 15 is 0 Å². The standard InChI is InChI=1S/C17H20BrNO3S/c1-4-15(13-7-5-12(2)6-8-13)19-23(20,21)17-11-14(18)9-10-16(17)22-3/h5-11,15,19H,4H2,1-3H3/t15-/m0/s1. The minimum Gasteiger partial charge on any atom is -0.495 e. The number of aryl methyl sites for hydroxylation is 1. The van der Waals surface area contributed by atoms with Crippen LogP contribution in [0.1, 0.15) is 30.5 Å². The molecule has 1 atom stereocenters. The zero-order valence-electron chi connectivity index (χ0n) is 13.3. The van der Waals surface area contributed by atoms with E-state index in [4.69, 9.17) is 4.74 Å². The quantitative estimate of drug-likeness (QED) is 0.794. The third-order valence-electron chi connectivity index (χ3n) is 3.60. The molecule has 0 bridgehead atoms. The fraction of sp³-hybridized carbons (Fsp3) is 0.294. The summed E-state index contributed by atoms with van der Waals surface area (Å²) < 4.78 is 34.2. The lowest BCUT2D eigenvalue weighted by atomic mass is 10.0. The number of sulfonamides is 1. The number of benzene rings is 2. The van der Waals surface area contributed by atoms with Crippen LogP contribution in [-0.2, 0) is 10.0 Å². The second kappa shape index (κ2) is 7.47. The summed E-state index contributed by atoms with van der Waals surface area (Å²) in [5.74, 6) is 0.319. The summed E-state index contributed by atoms with van der Waals surface area (Å²) >= 11 is 3.31. The Hall–Kier alpha value is -1.37. The van der Waals surface area contributed by atoms with Crippen LogP contribution in [0.3, 0.4) is 0 Å². The number of nitrogens with one attached hydrogen (secondary N) is 1. The van der Waals surface area contributed by atoms with E-state index < -0.39 is 10.0 Å². The van der Waals surface area contributed by atoms with E-state index in [1.165, 1.54) is 7.11 Å². The zero-order chi connectivity index (χ0) is 17.0. The van der Waals surface area contributed by atoms with Gasteiger partial charge in [-0.3, -0.25) is 0 Å². The van der Waals surface area contributed by atoms with Crippen LogP contribution in [0.25, 0.3) is 0 Å². The Kier molecular flexibility index (Phi) is 5.84. The largest absolute Gasteiger partial charge is 0.495 e. The first-order chi connectivity index (χ1) is 10.9. The van der Waals surface area contributed by atoms with Gasteiger partial charge >= 0.3 is 0 Å². The summed E-state index contributed by atoms with van der Waals surface area (Å²) in [5, 5.41) is 0. The molecule has 0 spiro atoms. The summed E-state index contributed by atoms with van der Waals surface area (Å²) in [6.07, 6.45) is 0.651. The topological polar surface area (TPSA) is 55.4 Å². The lowest BCUT2D eigenvalue weighted by molar-refractivity contribution is 0.401. The van der Waals surface area contributed by atoms with Crippen LogP contribution >= 0.6 is 15.9 Å². The van der Waals surface area contributed by atoms with Gasteiger partial charge < -0.3 is 4.74 Å². The van der Waals surface area contributed by atoms with Gasteiger partial charge in [-0.25, -0.2) is 13.1 Å². The van der Waals surface area contributed by atoms with Gasteiger partial charge in [0, 0.05) is 10.5 Å². The van der Waals surface area contributed by atoms with Crippen molar-refractivity contribution in [1.29, 1.82) is 0 Å². The zero-order valence-corrected chi connectivity index (χ0v) is 15.7. The van der Waals surface area contributed by atoms with Crippen LogP contribution in [0.2, 0.25) is 0 Å². The van der Waals surface area contributed by atoms with E-state index in [2.05, 4.69) is 20.7 Å². The van der Waals surface area contributed by atoms with E-state index in [-0.39, 0.29) is 10.9 Å². The summed E-state index contributed by atoms with van der Waals surface area (Å²) in [6.45, 7) is 3.95. The number of methoxy groups -OCH3 is 1. The van der Waals surface area contributed by atoms with E-state index in [1.54, 1.807) is 18.2 Å². The maximum Gasteiger partial charge on any atom is 0.244 e. The molecule has 0 saturated carbocycles. The number of hydrogen-bond acceptors (Lipinski definition) is 3. The smallest absolute Gasteiger partial charge is 0.244 e. The summed E-state index contributed by atoms with van der Waals surface area (Å²) in [7, 11) is -2.24. The molecule has 0 amide bonds. The first kappa shape index (κ1) is 18.0. The Morgan fingerprint density at radius 3 is 2.39 bits per heavy atom. The molecule has 0 heterocycles. The highest BCUT2D eigenvalue weighted by Crippen LogP contribution is 2.29. The van der Waals surface area contributed by atoms with Gasteiger partial charge in [0.15, 0.2) is 0 Å². The van der Waals surface area contributed by atoms with Gasteiger partial charge in [0.1, 0.15) is 10.6 Å². The second-order valence-corrected chi connectivity index (χ2v) is 7.89. The van der Waals surface area contributed by atoms with Crippen molar-refractivity contribution in [2.24, 2.45) is 0 Å². The monoisotopic (exact) mass is 397 g/mol. The van der Waals surface area contributed by atoms with Crippen LogP contribution in [0, 0.1) is 6.92 Å². The maximum absolute atomic E-state index is 12.8. The normalized spacial score (nSPS) is 12.9. The van der Waals surface area contributed by atoms with Crippen LogP contribution in [0.5, 0.6) is 5.75 Å². The highest BCUT2D eigenvalue weighted by Gasteiger charge is 2.24. The van der Waals surface area contributed by atoms with Crippen molar-refractivity contribution in [2.45, 2.75) is 31.2 Å². The maximum atomic E-state index is 12.8. The number of ether oxygens (including phenoxy) is 1. The lowest BCUT2D eigenvalue weighted by Gasteiger charge is -2.19. The van der Waals surface area contributed by atoms with Gasteiger partial charge in [-0.05, 0) is 37.1 Å². The molecule has 124 valence electrons. The molecule has 0 aliphatic carbocycles. The molecular weight excluding hydrogens is 378 g/mol. The molecule has 0 aliphatic heterocycles. The van der Waals surface area contributed by atoms with Gasteiger partial charge in [-0.15, -0.1) is 0 Å². The third kappa shape index (κ3) is 4.34. The average molecular weight is 398 g/mol. The SMILES string of the molecule is CC[C@H](NS(=O)(=O)c1cc(Br)ccc1OC)c1ccc(C)cc1. The van der Waals surface area contributed by atoms with Gasteiger partial charge in [-0.1, -0.05) is 52.7 Å². The van der Waals surface area contributed by atoms with Crippen molar-refractivity contribution in [3.05, 3.63) is 58.1 Å². The molecular formula is C17H20BrNO3S. The van der Waals surface area contributed by atoms with Crippen molar-refractivity contribution in [2.75, 3.05) is 7.11 Å². The highest BCUT2D eigenvalue weighted by atomic mass is 79.9. The van der Waals surface area contributed by atoms with Crippen LogP contribution in [-0.4, -0.2) is 15.5 Å². The molecule has 0 radical (unpaired) electrons. The van der Waals surface area contributed by atoms with Crippen LogP contribution in [0.4, 0.5) is 0 Å². The minimum atomic E-state index is -3.70. The van der Waals surface area contributed by atoms with Crippen molar-refractivity contribution in [1.82, 2.24) is 4.72 Å². The third-order valence-corrected chi connectivity index (χ3v) is 5.59. The van der Waals surface area contributed by atoms with Gasteiger partial charge in [0.2, 0.25) is 10.0 Å². The van der Waals surface area contributed by atoms with E-state index in [0.29, 0.717) is 16.6 Å². The predicted molar refractivity (Wildman–Crippen MR) is 95.2 cm³/mol. The van der Waals surface area contributed by atoms with Gasteiger partial charge in [0.05, 0.1) is 7.11 Å². The molecule has 1 N–H and O–H groups in total. The van der Waals surface area contributed by atoms with Crippen molar-refractivity contribution in [3.63, 3.8) is 0 Å². The molecule has 2 rings (SSSR count). The van der Waals surface area contributed by atoms with Gasteiger partial charge in [0.25, 0.3) is 0 Å². The Morgan fingerprint density at radius 2 is 1.83 bits per heavy atom. The summed E-state index contributed by atoms with van der Waals surface area (Å²) in [5.41, 5.74) is 2.08. The minimum absolute atomic E-state index is 0.125. The first-order valence-electron chi connectivity index (χ1n) is 7.30. The van der Waals surface area contributed by atoms with E-state index in [9.17, 15) is 8.42 Å². The van der Waals surface area contributed by atoms with Crippen LogP contribution < -0.4 is 9.46 Å². The van der Waals surface area contributed by atoms with E-state index in [0.717, 1.165) is 11.1 Å². The Bertz CT molecular complexity index is 773. The lowest BCUT2D eigenvalue weighted by Crippen LogP contribution is -2.28. The van der Waals surface area contributed by atoms with Crippen molar-refractivity contribution >= 4 is 26.0 Å². The van der Waals surface area contributed by atoms with Crippen LogP contribution in [0.15, 0.2) is 51.8 Å². The average Bonchev–Trinajstić information content (AvgIpc) is 2.53. The highest BCUT2D eigenvalue weighted by molar-refractivity contribution is 9.10. The molecule has 0 aliphatic rings. The fourth-order valence-corrected chi connectivity index (χ4v) is 4.31. The first-order valence-corrected chi connectivity index (χ1v) is 9.57. The van der Waals surface area contributed by atoms with E-state index in [1.807, 2.05) is 38.1 Å².